The van der Waals surface area contributed by atoms with Crippen LogP contribution in [0.15, 0.2) is 23.6 Å². The Hall–Kier alpha value is -1.26. The lowest BCUT2D eigenvalue weighted by atomic mass is 10.3. The number of rotatable bonds is 4. The number of hydrogen-bond acceptors (Lipinski definition) is 4. The summed E-state index contributed by atoms with van der Waals surface area (Å²) in [6.45, 7) is 2.89. The van der Waals surface area contributed by atoms with E-state index in [1.165, 1.54) is 12.8 Å². The molecular weight excluding hydrogens is 230 g/mol. The number of pyridine rings is 1. The van der Waals surface area contributed by atoms with Crippen molar-refractivity contribution in [3.63, 3.8) is 0 Å². The minimum Gasteiger partial charge on any atom is -0.308 e. The monoisotopic (exact) mass is 245 g/mol. The first-order chi connectivity index (χ1) is 8.31. The van der Waals surface area contributed by atoms with Crippen molar-refractivity contribution in [3.8, 4) is 10.7 Å². The summed E-state index contributed by atoms with van der Waals surface area (Å²) < 4.78 is 0. The van der Waals surface area contributed by atoms with Gasteiger partial charge in [-0.3, -0.25) is 4.98 Å². The van der Waals surface area contributed by atoms with Gasteiger partial charge < -0.3 is 5.32 Å². The molecule has 1 aliphatic carbocycles. The molecule has 0 saturated heterocycles. The molecule has 0 aliphatic heterocycles. The van der Waals surface area contributed by atoms with E-state index < -0.39 is 0 Å². The molecule has 1 N–H and O–H groups in total. The van der Waals surface area contributed by atoms with Gasteiger partial charge in [0.1, 0.15) is 5.01 Å². The predicted molar refractivity (Wildman–Crippen MR) is 69.9 cm³/mol. The Kier molecular flexibility index (Phi) is 2.91. The fraction of sp³-hybridized carbons (Fsp3) is 0.385. The van der Waals surface area contributed by atoms with Crippen LogP contribution in [-0.2, 0) is 6.54 Å². The first-order valence-electron chi connectivity index (χ1n) is 5.93. The minimum absolute atomic E-state index is 0.734. The van der Waals surface area contributed by atoms with E-state index >= 15 is 0 Å². The Morgan fingerprint density at radius 2 is 2.24 bits per heavy atom. The summed E-state index contributed by atoms with van der Waals surface area (Å²) in [4.78, 5) is 9.11. The molecule has 88 valence electrons. The average Bonchev–Trinajstić information content (AvgIpc) is 3.04. The molecule has 0 bridgehead atoms. The first kappa shape index (κ1) is 10.9. The summed E-state index contributed by atoms with van der Waals surface area (Å²) in [6, 6.07) is 6.79. The van der Waals surface area contributed by atoms with Gasteiger partial charge in [0, 0.05) is 23.7 Å². The maximum atomic E-state index is 4.61. The van der Waals surface area contributed by atoms with Gasteiger partial charge in [0.2, 0.25) is 0 Å². The van der Waals surface area contributed by atoms with E-state index in [4.69, 9.17) is 0 Å². The van der Waals surface area contributed by atoms with Crippen LogP contribution in [0.2, 0.25) is 0 Å². The summed E-state index contributed by atoms with van der Waals surface area (Å²) in [6.07, 6.45) is 2.63. The van der Waals surface area contributed by atoms with Crippen molar-refractivity contribution in [2.75, 3.05) is 0 Å². The van der Waals surface area contributed by atoms with Gasteiger partial charge in [-0.25, -0.2) is 4.98 Å². The van der Waals surface area contributed by atoms with Gasteiger partial charge in [0.05, 0.1) is 11.4 Å². The molecule has 3 nitrogen and oxygen atoms in total. The quantitative estimate of drug-likeness (QED) is 0.900. The lowest BCUT2D eigenvalue weighted by Crippen LogP contribution is -2.15. The lowest BCUT2D eigenvalue weighted by molar-refractivity contribution is 0.678. The Bertz CT molecular complexity index is 517. The van der Waals surface area contributed by atoms with E-state index in [1.54, 1.807) is 11.3 Å². The molecule has 2 heterocycles. The van der Waals surface area contributed by atoms with Crippen LogP contribution < -0.4 is 5.32 Å². The third-order valence-electron chi connectivity index (χ3n) is 2.81. The van der Waals surface area contributed by atoms with Crippen LogP contribution in [-0.4, -0.2) is 16.0 Å². The Labute approximate surface area is 105 Å². The Morgan fingerprint density at radius 1 is 1.35 bits per heavy atom. The van der Waals surface area contributed by atoms with Crippen molar-refractivity contribution in [1.29, 1.82) is 0 Å². The van der Waals surface area contributed by atoms with Crippen LogP contribution >= 0.6 is 11.3 Å². The number of hydrogen-bond donors (Lipinski definition) is 1. The van der Waals surface area contributed by atoms with Gasteiger partial charge in [0.15, 0.2) is 0 Å². The van der Waals surface area contributed by atoms with Crippen molar-refractivity contribution < 1.29 is 0 Å². The predicted octanol–water partition coefficient (Wildman–Crippen LogP) is 2.77. The van der Waals surface area contributed by atoms with Crippen molar-refractivity contribution in [2.45, 2.75) is 32.4 Å². The van der Waals surface area contributed by atoms with E-state index in [1.807, 2.05) is 25.1 Å². The number of nitrogens with one attached hydrogen (secondary N) is 1. The molecule has 0 spiro atoms. The summed E-state index contributed by atoms with van der Waals surface area (Å²) in [5.74, 6) is 0. The van der Waals surface area contributed by atoms with Crippen molar-refractivity contribution >= 4 is 11.3 Å². The molecule has 3 rings (SSSR count). The molecular formula is C13H15N3S. The molecule has 2 aromatic rings. The maximum absolute atomic E-state index is 4.61. The fourth-order valence-electron chi connectivity index (χ4n) is 1.70. The van der Waals surface area contributed by atoms with Crippen LogP contribution in [0.25, 0.3) is 10.7 Å². The second-order valence-electron chi connectivity index (χ2n) is 4.46. The molecule has 0 unspecified atom stereocenters. The molecule has 0 aromatic carbocycles. The standard InChI is InChI=1S/C13H15N3S/c1-9-3-2-4-12(15-9)13-16-11(8-17-13)7-14-10-5-6-10/h2-4,8,10,14H,5-7H2,1H3. The van der Waals surface area contributed by atoms with Crippen molar-refractivity contribution in [1.82, 2.24) is 15.3 Å². The molecule has 1 fully saturated rings. The number of nitrogens with zero attached hydrogens (tertiary/aromatic N) is 2. The van der Waals surface area contributed by atoms with Crippen LogP contribution in [0.4, 0.5) is 0 Å². The van der Waals surface area contributed by atoms with Crippen molar-refractivity contribution in [3.05, 3.63) is 35.0 Å². The fourth-order valence-corrected chi connectivity index (χ4v) is 2.49. The summed E-state index contributed by atoms with van der Waals surface area (Å²) in [5.41, 5.74) is 3.14. The molecule has 1 aliphatic rings. The van der Waals surface area contributed by atoms with Gasteiger partial charge in [-0.1, -0.05) is 6.07 Å². The van der Waals surface area contributed by atoms with E-state index in [9.17, 15) is 0 Å². The molecule has 2 aromatic heterocycles. The Morgan fingerprint density at radius 3 is 3.00 bits per heavy atom. The van der Waals surface area contributed by atoms with Crippen molar-refractivity contribution in [2.24, 2.45) is 0 Å². The second-order valence-corrected chi connectivity index (χ2v) is 5.32. The normalized spacial score (nSPS) is 15.1. The lowest BCUT2D eigenvalue weighted by Gasteiger charge is -1.98. The molecule has 4 heteroatoms. The van der Waals surface area contributed by atoms with Crippen LogP contribution in [0, 0.1) is 6.92 Å². The van der Waals surface area contributed by atoms with Crippen LogP contribution in [0.3, 0.4) is 0 Å². The highest BCUT2D eigenvalue weighted by molar-refractivity contribution is 7.13. The second kappa shape index (κ2) is 4.55. The number of aryl methyl sites for hydroxylation is 1. The van der Waals surface area contributed by atoms with E-state index in [-0.39, 0.29) is 0 Å². The van der Waals surface area contributed by atoms with Gasteiger partial charge in [-0.2, -0.15) is 0 Å². The van der Waals surface area contributed by atoms with Crippen LogP contribution in [0.5, 0.6) is 0 Å². The third-order valence-corrected chi connectivity index (χ3v) is 3.72. The van der Waals surface area contributed by atoms with Crippen LogP contribution in [0.1, 0.15) is 24.2 Å². The highest BCUT2D eigenvalue weighted by Crippen LogP contribution is 2.23. The van der Waals surface area contributed by atoms with Gasteiger partial charge in [-0.15, -0.1) is 11.3 Å². The van der Waals surface area contributed by atoms with E-state index in [0.29, 0.717) is 0 Å². The topological polar surface area (TPSA) is 37.8 Å². The maximum Gasteiger partial charge on any atom is 0.142 e. The van der Waals surface area contributed by atoms with Gasteiger partial charge >= 0.3 is 0 Å². The summed E-state index contributed by atoms with van der Waals surface area (Å²) in [5, 5.41) is 6.61. The van der Waals surface area contributed by atoms with E-state index in [0.717, 1.165) is 34.7 Å². The number of aromatic nitrogens is 2. The molecule has 17 heavy (non-hydrogen) atoms. The molecule has 1 saturated carbocycles. The largest absolute Gasteiger partial charge is 0.308 e. The average molecular weight is 245 g/mol. The zero-order valence-electron chi connectivity index (χ0n) is 9.81. The smallest absolute Gasteiger partial charge is 0.142 e. The highest BCUT2D eigenvalue weighted by Gasteiger charge is 2.20. The van der Waals surface area contributed by atoms with Gasteiger partial charge in [0.25, 0.3) is 0 Å². The zero-order valence-corrected chi connectivity index (χ0v) is 10.6. The molecule has 0 atom stereocenters. The summed E-state index contributed by atoms with van der Waals surface area (Å²) in [7, 11) is 0. The first-order valence-corrected chi connectivity index (χ1v) is 6.81. The SMILES string of the molecule is Cc1cccc(-c2nc(CNC3CC3)cs2)n1. The highest BCUT2D eigenvalue weighted by atomic mass is 32.1. The zero-order chi connectivity index (χ0) is 11.7. The number of thiazole rings is 1. The minimum atomic E-state index is 0.734. The Balaban J connectivity index is 1.74. The molecule has 0 radical (unpaired) electrons. The van der Waals surface area contributed by atoms with E-state index in [2.05, 4.69) is 20.7 Å². The third kappa shape index (κ3) is 2.70. The van der Waals surface area contributed by atoms with Gasteiger partial charge in [-0.05, 0) is 31.9 Å². The molecule has 0 amide bonds. The summed E-state index contributed by atoms with van der Waals surface area (Å²) >= 11 is 1.67.